The second-order valence-corrected chi connectivity index (χ2v) is 14.1. The van der Waals surface area contributed by atoms with Crippen LogP contribution in [0.2, 0.25) is 0 Å². The predicted molar refractivity (Wildman–Crippen MR) is 233 cm³/mol. The number of hydrogen-bond acceptors (Lipinski definition) is 16. The molecule has 8 rings (SSSR count). The van der Waals surface area contributed by atoms with E-state index in [9.17, 15) is 33.6 Å². The molecule has 8 aromatic rings. The summed E-state index contributed by atoms with van der Waals surface area (Å²) >= 11 is 0. The number of hydrogen-bond donors (Lipinski definition) is 3. The minimum Gasteiger partial charge on any atom is -0.463 e. The summed E-state index contributed by atoms with van der Waals surface area (Å²) in [4.78, 5) is 101. The van der Waals surface area contributed by atoms with E-state index in [-0.39, 0.29) is 75.5 Å². The third kappa shape index (κ3) is 10.8. The van der Waals surface area contributed by atoms with Gasteiger partial charge in [-0.3, -0.25) is 24.4 Å². The number of aromatic nitrogens is 6. The third-order valence-electron chi connectivity index (χ3n) is 9.56. The first kappa shape index (κ1) is 45.3. The van der Waals surface area contributed by atoms with Crippen LogP contribution in [0.25, 0.3) is 33.3 Å². The summed E-state index contributed by atoms with van der Waals surface area (Å²) in [6, 6.07) is 19.5. The van der Waals surface area contributed by atoms with Gasteiger partial charge < -0.3 is 32.4 Å². The van der Waals surface area contributed by atoms with Crippen LogP contribution in [0.3, 0.4) is 0 Å². The Morgan fingerprint density at radius 1 is 0.531 bits per heavy atom. The number of carbonyl (C=O) groups excluding carboxylic acids is 1. The van der Waals surface area contributed by atoms with Crippen LogP contribution in [0.15, 0.2) is 109 Å². The number of carbonyl (C=O) groups is 1. The number of benzene rings is 2. The Bertz CT molecular complexity index is 3190. The van der Waals surface area contributed by atoms with Crippen molar-refractivity contribution < 1.29 is 32.3 Å². The quantitative estimate of drug-likeness (QED) is 0.155. The zero-order valence-corrected chi connectivity index (χ0v) is 35.5. The van der Waals surface area contributed by atoms with E-state index in [4.69, 9.17) is 22.7 Å². The van der Waals surface area contributed by atoms with Crippen molar-refractivity contribution in [3.63, 3.8) is 0 Å². The molecule has 0 unspecified atom stereocenters. The van der Waals surface area contributed by atoms with Gasteiger partial charge in [-0.15, -0.1) is 0 Å². The van der Waals surface area contributed by atoms with Gasteiger partial charge in [-0.05, 0) is 60.9 Å². The van der Waals surface area contributed by atoms with E-state index in [1.807, 2.05) is 76.2 Å². The molecule has 0 aliphatic rings. The minimum absolute atomic E-state index is 0.00277. The maximum atomic E-state index is 12.2. The third-order valence-corrected chi connectivity index (χ3v) is 9.56. The summed E-state index contributed by atoms with van der Waals surface area (Å²) in [5.41, 5.74) is 2.78. The van der Waals surface area contributed by atoms with Crippen molar-refractivity contribution in [2.75, 3.05) is 7.11 Å². The minimum atomic E-state index is -0.807. The van der Waals surface area contributed by atoms with Crippen LogP contribution in [-0.2, 0) is 37.2 Å². The fourth-order valence-corrected chi connectivity index (χ4v) is 6.25. The van der Waals surface area contributed by atoms with Gasteiger partial charge in [0.25, 0.3) is 28.7 Å². The maximum absolute atomic E-state index is 12.2. The smallest absolute Gasteiger partial charge is 0.374 e. The zero-order valence-electron chi connectivity index (χ0n) is 35.5. The lowest BCUT2D eigenvalue weighted by Gasteiger charge is -2.07. The van der Waals surface area contributed by atoms with Gasteiger partial charge in [-0.2, -0.15) is 15.0 Å². The molecule has 0 saturated heterocycles. The van der Waals surface area contributed by atoms with Crippen molar-refractivity contribution in [1.82, 2.24) is 29.9 Å². The highest BCUT2D eigenvalue weighted by molar-refractivity contribution is 5.87. The average Bonchev–Trinajstić information content (AvgIpc) is 3.27. The van der Waals surface area contributed by atoms with Crippen LogP contribution in [0.5, 0.6) is 12.0 Å². The highest BCUT2D eigenvalue weighted by atomic mass is 16.5. The van der Waals surface area contributed by atoms with Crippen LogP contribution >= 0.6 is 0 Å². The SMILES string of the molecule is CCc1cc(=O)oc2nc(C(=O)OC)[nH]c(=O)c12.CCc1cc(=O)oc2nc(OCc3ccc(C)cc3)[nH]c(=O)c12.CCc1cc(=O)oc2nc(OCc3ccc(C)cc3)[nH]c(=O)c12. The number of fused-ring (bicyclic) bond motifs is 3. The Kier molecular flexibility index (Phi) is 14.2. The fourth-order valence-electron chi connectivity index (χ4n) is 6.25. The predicted octanol–water partition coefficient (Wildman–Crippen LogP) is 4.88. The molecule has 0 aliphatic carbocycles. The van der Waals surface area contributed by atoms with E-state index < -0.39 is 28.4 Å². The summed E-state index contributed by atoms with van der Waals surface area (Å²) in [5, 5.41) is 0.745. The Morgan fingerprint density at radius 3 is 1.22 bits per heavy atom. The van der Waals surface area contributed by atoms with E-state index >= 15 is 0 Å². The summed E-state index contributed by atoms with van der Waals surface area (Å²) in [7, 11) is 1.16. The molecule has 0 fully saturated rings. The second kappa shape index (κ2) is 20.1. The van der Waals surface area contributed by atoms with E-state index in [0.29, 0.717) is 36.0 Å². The molecule has 0 radical (unpaired) electrons. The molecule has 6 heterocycles. The molecule has 0 amide bonds. The van der Waals surface area contributed by atoms with Crippen LogP contribution in [-0.4, -0.2) is 43.0 Å². The van der Waals surface area contributed by atoms with Gasteiger partial charge >= 0.3 is 22.8 Å². The molecule has 0 spiro atoms. The molecule has 6 aromatic heterocycles. The summed E-state index contributed by atoms with van der Waals surface area (Å²) in [6.45, 7) is 10.0. The van der Waals surface area contributed by atoms with Gasteiger partial charge in [0.1, 0.15) is 29.4 Å². The van der Waals surface area contributed by atoms with E-state index in [0.717, 1.165) is 29.4 Å². The lowest BCUT2D eigenvalue weighted by Crippen LogP contribution is -2.19. The fraction of sp³-hybridized carbons (Fsp3) is 0.244. The molecular weight excluding hydrogens is 833 g/mol. The highest BCUT2D eigenvalue weighted by Crippen LogP contribution is 2.17. The topological polar surface area (TPSA) is 273 Å². The van der Waals surface area contributed by atoms with Crippen LogP contribution in [0.1, 0.15) is 70.3 Å². The number of aryl methyl sites for hydroxylation is 5. The number of esters is 1. The van der Waals surface area contributed by atoms with Crippen molar-refractivity contribution in [2.24, 2.45) is 0 Å². The lowest BCUT2D eigenvalue weighted by atomic mass is 10.1. The largest absolute Gasteiger partial charge is 0.463 e. The van der Waals surface area contributed by atoms with Gasteiger partial charge in [-0.25, -0.2) is 19.2 Å². The normalized spacial score (nSPS) is 10.8. The highest BCUT2D eigenvalue weighted by Gasteiger charge is 2.17. The Balaban J connectivity index is 0.000000161. The molecule has 0 saturated carbocycles. The monoisotopic (exact) mass is 874 g/mol. The molecule has 330 valence electrons. The Labute approximate surface area is 360 Å². The molecular formula is C45H42N6O13. The number of nitrogens with one attached hydrogen (secondary N) is 3. The van der Waals surface area contributed by atoms with Gasteiger partial charge in [-0.1, -0.05) is 80.4 Å². The molecule has 3 N–H and O–H groups in total. The first-order chi connectivity index (χ1) is 30.7. The number of ether oxygens (including phenoxy) is 3. The van der Waals surface area contributed by atoms with Gasteiger partial charge in [0, 0.05) is 18.2 Å². The average molecular weight is 875 g/mol. The molecule has 19 heteroatoms. The van der Waals surface area contributed by atoms with Crippen LogP contribution in [0, 0.1) is 13.8 Å². The van der Waals surface area contributed by atoms with Gasteiger partial charge in [0.15, 0.2) is 0 Å². The summed E-state index contributed by atoms with van der Waals surface area (Å²) in [6.07, 6.45) is 1.55. The number of methoxy groups -OCH3 is 1. The standard InChI is InChI=1S/2C17H16N2O4.C11H10N2O5/c2*1-3-12-8-13(20)23-16-14(12)15(21)18-17(19-16)22-9-11-6-4-10(2)5-7-11;1-3-5-4-6(14)18-10-7(5)9(15)12-8(13-10)11(16)17-2/h2*4-8H,3,9H2,1-2H3,(H,18,19,21);4H,3H2,1-2H3,(H,12,13,15). The molecule has 19 nitrogen and oxygen atoms in total. The van der Waals surface area contributed by atoms with Crippen molar-refractivity contribution in [1.29, 1.82) is 0 Å². The molecule has 64 heavy (non-hydrogen) atoms. The molecule has 0 bridgehead atoms. The zero-order chi connectivity index (χ0) is 46.1. The molecule has 0 aliphatic heterocycles. The van der Waals surface area contributed by atoms with E-state index in [1.54, 1.807) is 6.92 Å². The van der Waals surface area contributed by atoms with Gasteiger partial charge in [0.2, 0.25) is 23.0 Å². The van der Waals surface area contributed by atoms with E-state index in [2.05, 4.69) is 34.6 Å². The molecule has 0 atom stereocenters. The van der Waals surface area contributed by atoms with Crippen LogP contribution in [0.4, 0.5) is 0 Å². The molecule has 2 aromatic carbocycles. The first-order valence-electron chi connectivity index (χ1n) is 19.9. The maximum Gasteiger partial charge on any atom is 0.374 e. The Hall–Kier alpha value is -8.22. The van der Waals surface area contributed by atoms with Crippen LogP contribution < -0.4 is 43.0 Å². The number of aromatic amines is 3. The van der Waals surface area contributed by atoms with E-state index in [1.165, 1.54) is 18.2 Å². The number of rotatable bonds is 10. The number of H-pyrrole nitrogens is 3. The van der Waals surface area contributed by atoms with Crippen molar-refractivity contribution in [2.45, 2.75) is 67.1 Å². The van der Waals surface area contributed by atoms with Gasteiger partial charge in [0.05, 0.1) is 7.11 Å². The summed E-state index contributed by atoms with van der Waals surface area (Å²) in [5.74, 6) is -1.11. The van der Waals surface area contributed by atoms with Crippen molar-refractivity contribution >= 4 is 39.3 Å². The van der Waals surface area contributed by atoms with Crippen molar-refractivity contribution in [3.05, 3.63) is 174 Å². The number of nitrogens with zero attached hydrogens (tertiary/aromatic N) is 3. The van der Waals surface area contributed by atoms with Crippen molar-refractivity contribution in [3.8, 4) is 12.0 Å². The Morgan fingerprint density at radius 2 is 0.875 bits per heavy atom. The lowest BCUT2D eigenvalue weighted by molar-refractivity contribution is 0.0586. The second-order valence-electron chi connectivity index (χ2n) is 14.1. The summed E-state index contributed by atoms with van der Waals surface area (Å²) < 4.78 is 30.3. The first-order valence-corrected chi connectivity index (χ1v) is 19.9.